The average Bonchev–Trinajstić information content (AvgIpc) is 3.03. The number of carbonyl (C=O) groups excluding carboxylic acids is 2. The molecular formula is C25H31N2O5+. The average molecular weight is 440 g/mol. The number of ether oxygens (including phenoxy) is 2. The van der Waals surface area contributed by atoms with Gasteiger partial charge in [0, 0.05) is 24.1 Å². The lowest BCUT2D eigenvalue weighted by atomic mass is 9.93. The molecule has 7 nitrogen and oxygen atoms in total. The Balaban J connectivity index is 2.16. The largest absolute Gasteiger partial charge is 0.507 e. The summed E-state index contributed by atoms with van der Waals surface area (Å²) in [6, 6.07) is 11.7. The molecule has 7 heteroatoms. The molecule has 0 aliphatic carbocycles. The Bertz CT molecular complexity index is 1040. The van der Waals surface area contributed by atoms with E-state index in [4.69, 9.17) is 9.47 Å². The lowest BCUT2D eigenvalue weighted by Gasteiger charge is -2.26. The summed E-state index contributed by atoms with van der Waals surface area (Å²) in [5.74, 6) is -0.291. The second-order valence-electron chi connectivity index (χ2n) is 8.23. The number of aryl methyl sites for hydroxylation is 1. The van der Waals surface area contributed by atoms with Gasteiger partial charge in [0.05, 0.1) is 46.5 Å². The predicted molar refractivity (Wildman–Crippen MR) is 122 cm³/mol. The highest BCUT2D eigenvalue weighted by atomic mass is 16.5. The lowest BCUT2D eigenvalue weighted by Crippen LogP contribution is -3.05. The Morgan fingerprint density at radius 3 is 2.44 bits per heavy atom. The van der Waals surface area contributed by atoms with Crippen LogP contribution < -0.4 is 14.4 Å². The maximum atomic E-state index is 13.2. The molecule has 0 spiro atoms. The number of likely N-dealkylation sites (tertiary alicyclic amines) is 1. The normalized spacial score (nSPS) is 17.8. The van der Waals surface area contributed by atoms with E-state index in [-0.39, 0.29) is 11.3 Å². The Kier molecular flexibility index (Phi) is 7.20. The van der Waals surface area contributed by atoms with Crippen molar-refractivity contribution in [2.24, 2.45) is 0 Å². The summed E-state index contributed by atoms with van der Waals surface area (Å²) >= 11 is 0. The maximum Gasteiger partial charge on any atom is 0.295 e. The van der Waals surface area contributed by atoms with Crippen molar-refractivity contribution in [3.63, 3.8) is 0 Å². The molecule has 2 N–H and O–H groups in total. The first-order valence-electron chi connectivity index (χ1n) is 10.7. The van der Waals surface area contributed by atoms with Gasteiger partial charge in [0.25, 0.3) is 11.7 Å². The highest BCUT2D eigenvalue weighted by molar-refractivity contribution is 6.46. The highest BCUT2D eigenvalue weighted by Gasteiger charge is 2.46. The van der Waals surface area contributed by atoms with E-state index < -0.39 is 17.7 Å². The molecule has 2 aromatic carbocycles. The number of quaternary nitrogens is 1. The van der Waals surface area contributed by atoms with E-state index in [0.717, 1.165) is 18.5 Å². The van der Waals surface area contributed by atoms with Gasteiger partial charge in [0.1, 0.15) is 17.3 Å². The number of para-hydroxylation sites is 1. The van der Waals surface area contributed by atoms with Crippen LogP contribution in [0.2, 0.25) is 0 Å². The summed E-state index contributed by atoms with van der Waals surface area (Å²) in [6.45, 7) is 3.07. The molecule has 1 amide bonds. The number of Topliss-reactive ketones (excluding diaryl/α,β-unsaturated/α-hetero) is 1. The van der Waals surface area contributed by atoms with Crippen molar-refractivity contribution in [3.8, 4) is 11.5 Å². The van der Waals surface area contributed by atoms with E-state index in [9.17, 15) is 14.7 Å². The number of ketones is 1. The zero-order chi connectivity index (χ0) is 23.4. The van der Waals surface area contributed by atoms with E-state index in [1.165, 1.54) is 4.90 Å². The number of rotatable bonds is 8. The number of benzene rings is 2. The molecule has 1 heterocycles. The van der Waals surface area contributed by atoms with Gasteiger partial charge in [-0.2, -0.15) is 0 Å². The number of hydrogen-bond donors (Lipinski definition) is 2. The van der Waals surface area contributed by atoms with Gasteiger partial charge < -0.3 is 24.4 Å². The second kappa shape index (κ2) is 9.87. The fraction of sp³-hybridized carbons (Fsp3) is 0.360. The van der Waals surface area contributed by atoms with Gasteiger partial charge in [-0.3, -0.25) is 9.59 Å². The fourth-order valence-electron chi connectivity index (χ4n) is 4.10. The number of amides is 1. The van der Waals surface area contributed by atoms with Crippen LogP contribution in [0.1, 0.15) is 29.2 Å². The van der Waals surface area contributed by atoms with Gasteiger partial charge in [0.2, 0.25) is 0 Å². The SMILES string of the molecule is COc1ccc(C(O)=C2C(=O)C(=O)N(CCC[NH+](C)C)C2c2ccccc2OC)c(C)c1. The molecule has 1 atom stereocenters. The zero-order valence-electron chi connectivity index (χ0n) is 19.3. The first-order chi connectivity index (χ1) is 15.3. The van der Waals surface area contributed by atoms with E-state index in [1.807, 2.05) is 39.2 Å². The number of hydrogen-bond acceptors (Lipinski definition) is 5. The van der Waals surface area contributed by atoms with Crippen LogP contribution in [-0.4, -0.2) is 63.1 Å². The summed E-state index contributed by atoms with van der Waals surface area (Å²) in [5.41, 5.74) is 1.97. The molecule has 1 fully saturated rings. The van der Waals surface area contributed by atoms with Crippen LogP contribution in [-0.2, 0) is 9.59 Å². The summed E-state index contributed by atoms with van der Waals surface area (Å²) in [7, 11) is 7.20. The number of carbonyl (C=O) groups is 2. The standard InChI is InChI=1S/C25H30N2O5/c1-16-15-17(31-4)11-12-18(16)23(28)21-22(19-9-6-7-10-20(19)32-5)27(25(30)24(21)29)14-8-13-26(2)3/h6-7,9-12,15,22,28H,8,13-14H2,1-5H3/p+1. The number of nitrogens with zero attached hydrogens (tertiary/aromatic N) is 1. The molecule has 0 bridgehead atoms. The Labute approximate surface area is 188 Å². The quantitative estimate of drug-likeness (QED) is 0.374. The summed E-state index contributed by atoms with van der Waals surface area (Å²) in [5, 5.41) is 11.3. The van der Waals surface area contributed by atoms with Crippen LogP contribution in [0.25, 0.3) is 5.76 Å². The molecule has 2 aromatic rings. The van der Waals surface area contributed by atoms with Gasteiger partial charge in [-0.05, 0) is 36.8 Å². The van der Waals surface area contributed by atoms with E-state index in [2.05, 4.69) is 0 Å². The first-order valence-corrected chi connectivity index (χ1v) is 10.7. The van der Waals surface area contributed by atoms with Crippen molar-refractivity contribution in [1.82, 2.24) is 4.90 Å². The number of nitrogens with one attached hydrogen (secondary N) is 1. The topological polar surface area (TPSA) is 80.5 Å². The maximum absolute atomic E-state index is 13.2. The third-order valence-electron chi connectivity index (χ3n) is 5.74. The number of methoxy groups -OCH3 is 2. The van der Waals surface area contributed by atoms with Crippen LogP contribution in [0.3, 0.4) is 0 Å². The molecule has 0 aromatic heterocycles. The molecule has 1 aliphatic heterocycles. The molecule has 1 aliphatic rings. The third kappa shape index (κ3) is 4.48. The Hall–Kier alpha value is -3.32. The van der Waals surface area contributed by atoms with Crippen molar-refractivity contribution < 1.29 is 29.1 Å². The van der Waals surface area contributed by atoms with E-state index in [1.54, 1.807) is 43.4 Å². The van der Waals surface area contributed by atoms with Gasteiger partial charge in [0.15, 0.2) is 0 Å². The van der Waals surface area contributed by atoms with Gasteiger partial charge in [-0.15, -0.1) is 0 Å². The molecule has 0 radical (unpaired) electrons. The Morgan fingerprint density at radius 1 is 1.09 bits per heavy atom. The van der Waals surface area contributed by atoms with Crippen LogP contribution >= 0.6 is 0 Å². The van der Waals surface area contributed by atoms with Crippen molar-refractivity contribution in [3.05, 3.63) is 64.7 Å². The fourth-order valence-corrected chi connectivity index (χ4v) is 4.10. The van der Waals surface area contributed by atoms with Gasteiger partial charge in [-0.25, -0.2) is 0 Å². The minimum Gasteiger partial charge on any atom is -0.507 e. The predicted octanol–water partition coefficient (Wildman–Crippen LogP) is 1.97. The van der Waals surface area contributed by atoms with Gasteiger partial charge in [-0.1, -0.05) is 18.2 Å². The van der Waals surface area contributed by atoms with Crippen molar-refractivity contribution >= 4 is 17.4 Å². The third-order valence-corrected chi connectivity index (χ3v) is 5.74. The molecule has 1 unspecified atom stereocenters. The van der Waals surface area contributed by atoms with Crippen LogP contribution in [0.4, 0.5) is 0 Å². The van der Waals surface area contributed by atoms with Crippen molar-refractivity contribution in [1.29, 1.82) is 0 Å². The molecule has 1 saturated heterocycles. The van der Waals surface area contributed by atoms with Gasteiger partial charge >= 0.3 is 0 Å². The lowest BCUT2D eigenvalue weighted by molar-refractivity contribution is -0.858. The smallest absolute Gasteiger partial charge is 0.295 e. The second-order valence-corrected chi connectivity index (χ2v) is 8.23. The van der Waals surface area contributed by atoms with Crippen LogP contribution in [0.5, 0.6) is 11.5 Å². The van der Waals surface area contributed by atoms with E-state index in [0.29, 0.717) is 29.2 Å². The Morgan fingerprint density at radius 2 is 1.81 bits per heavy atom. The minimum atomic E-state index is -0.732. The number of aliphatic hydroxyl groups is 1. The van der Waals surface area contributed by atoms with Crippen molar-refractivity contribution in [2.75, 3.05) is 41.4 Å². The van der Waals surface area contributed by atoms with Crippen molar-refractivity contribution in [2.45, 2.75) is 19.4 Å². The first kappa shape index (κ1) is 23.3. The zero-order valence-corrected chi connectivity index (χ0v) is 19.3. The van der Waals surface area contributed by atoms with E-state index >= 15 is 0 Å². The molecular weight excluding hydrogens is 408 g/mol. The number of aliphatic hydroxyl groups excluding tert-OH is 1. The molecule has 32 heavy (non-hydrogen) atoms. The molecule has 0 saturated carbocycles. The summed E-state index contributed by atoms with van der Waals surface area (Å²) in [4.78, 5) is 29.0. The highest BCUT2D eigenvalue weighted by Crippen LogP contribution is 2.43. The van der Waals surface area contributed by atoms with Crippen LogP contribution in [0, 0.1) is 6.92 Å². The molecule has 170 valence electrons. The summed E-state index contributed by atoms with van der Waals surface area (Å²) in [6.07, 6.45) is 0.725. The minimum absolute atomic E-state index is 0.0740. The van der Waals surface area contributed by atoms with Crippen LogP contribution in [0.15, 0.2) is 48.0 Å². The monoisotopic (exact) mass is 439 g/mol. The summed E-state index contributed by atoms with van der Waals surface area (Å²) < 4.78 is 10.8. The molecule has 3 rings (SSSR count).